The van der Waals surface area contributed by atoms with Crippen molar-refractivity contribution >= 4 is 54.2 Å². The van der Waals surface area contributed by atoms with E-state index in [9.17, 15) is 0 Å². The molecule has 0 heterocycles. The van der Waals surface area contributed by atoms with E-state index < -0.39 is 0 Å². The summed E-state index contributed by atoms with van der Waals surface area (Å²) < 4.78 is 0. The highest BCUT2D eigenvalue weighted by atomic mass is 14.9. The minimum atomic E-state index is 0.341. The van der Waals surface area contributed by atoms with E-state index in [1.807, 2.05) is 0 Å². The number of rotatable bonds is 8. The van der Waals surface area contributed by atoms with E-state index in [0.717, 1.165) is 107 Å². The summed E-state index contributed by atoms with van der Waals surface area (Å²) in [6.07, 6.45) is 55.5. The van der Waals surface area contributed by atoms with Crippen LogP contribution in [0.25, 0.3) is 54.2 Å². The lowest BCUT2D eigenvalue weighted by molar-refractivity contribution is -0.109. The molecule has 0 bridgehead atoms. The first-order valence-corrected chi connectivity index (χ1v) is 51.6. The Hall–Kier alpha value is -6.40. The Morgan fingerprint density at radius 1 is 0.250 bits per heavy atom. The minimum absolute atomic E-state index is 0.341. The van der Waals surface area contributed by atoms with Crippen molar-refractivity contribution in [2.75, 3.05) is 28.2 Å². The molecule has 28 atom stereocenters. The van der Waals surface area contributed by atoms with Gasteiger partial charge in [-0.3, -0.25) is 0 Å². The van der Waals surface area contributed by atoms with Crippen LogP contribution in [0.1, 0.15) is 295 Å². The molecule has 656 valence electrons. The summed E-state index contributed by atoms with van der Waals surface area (Å²) in [4.78, 5) is 0. The molecule has 0 unspecified atom stereocenters. The normalized spacial score (nSPS) is 41.9. The molecule has 4 nitrogen and oxygen atoms in total. The molecule has 4 N–H and O–H groups in total. The van der Waals surface area contributed by atoms with Gasteiger partial charge in [0, 0.05) is 24.2 Å². The number of fused-ring (bicyclic) bond motifs is 24. The third-order valence-electron chi connectivity index (χ3n) is 42.8. The standard InChI is InChI=1S/C30H41N.2C30H39N.C30H37N/c4*1-29-16-14-24(31-3)19-23(29)10-11-25-27-13-12-26(30(27,2)17-15-28(25)29)22-9-8-20-6-4-5-7-21(20)18-22/h4-9,18,23-28,31H,10-17,19H2,1-3H3;4-9,12,18,23-25,27-28,31H,10-11,13-17,19H2,1-3H3;4-10,18,24-28,31H,11-17,19H2,1-3H3;4-10,12,18,24-25,27-28,31H,11,13-17,19H2,1-3H3/t23-,24-,25-,26+,27-,28-,29-,30+;23-,24-,25-,27-,28-,29-,30+;24-,25-,26+,27-,28-,29-,30+;24-,25-,27-,28-,29-,30+/m0000/s1. The molecule has 0 aromatic heterocycles. The first-order chi connectivity index (χ1) is 60.1. The van der Waals surface area contributed by atoms with E-state index in [0.29, 0.717) is 55.4 Å². The first-order valence-electron chi connectivity index (χ1n) is 51.6. The van der Waals surface area contributed by atoms with Gasteiger partial charge < -0.3 is 21.3 Å². The van der Waals surface area contributed by atoms with Crippen molar-refractivity contribution in [2.24, 2.45) is 126 Å². The largest absolute Gasteiger partial charge is 0.317 e. The molecule has 124 heavy (non-hydrogen) atoms. The van der Waals surface area contributed by atoms with Gasteiger partial charge >= 0.3 is 0 Å². The maximum atomic E-state index is 3.61. The third kappa shape index (κ3) is 14.0. The molecule has 0 spiro atoms. The zero-order valence-electron chi connectivity index (χ0n) is 78.6. The van der Waals surface area contributed by atoms with Gasteiger partial charge in [-0.1, -0.05) is 249 Å². The van der Waals surface area contributed by atoms with Gasteiger partial charge in [-0.05, 0) is 460 Å². The second-order valence-electron chi connectivity index (χ2n) is 47.1. The van der Waals surface area contributed by atoms with Gasteiger partial charge in [0.15, 0.2) is 0 Å². The molecule has 8 aromatic rings. The summed E-state index contributed by atoms with van der Waals surface area (Å²) in [5, 5.41) is 25.4. The van der Waals surface area contributed by atoms with Crippen LogP contribution in [0.2, 0.25) is 0 Å². The third-order valence-corrected chi connectivity index (χ3v) is 42.8. The average Bonchev–Trinajstić information content (AvgIpc) is 1.47. The van der Waals surface area contributed by atoms with Crippen LogP contribution in [-0.2, 0) is 0 Å². The van der Waals surface area contributed by atoms with Gasteiger partial charge in [-0.25, -0.2) is 0 Å². The number of hydrogen-bond acceptors (Lipinski definition) is 4. The second-order valence-corrected chi connectivity index (χ2v) is 47.1. The fourth-order valence-corrected chi connectivity index (χ4v) is 35.5. The number of nitrogens with one attached hydrogen (secondary N) is 4. The summed E-state index contributed by atoms with van der Waals surface area (Å²) in [6.45, 7) is 21.2. The predicted molar refractivity (Wildman–Crippen MR) is 526 cm³/mol. The van der Waals surface area contributed by atoms with Crippen LogP contribution in [-0.4, -0.2) is 52.4 Å². The Morgan fingerprint density at radius 3 is 1.02 bits per heavy atom. The number of allylic oxidation sites excluding steroid dienone is 6. The van der Waals surface area contributed by atoms with Crippen molar-refractivity contribution in [3.63, 3.8) is 0 Å². The first kappa shape index (κ1) is 84.4. The van der Waals surface area contributed by atoms with Crippen molar-refractivity contribution in [1.29, 1.82) is 0 Å². The van der Waals surface area contributed by atoms with Crippen LogP contribution in [0.15, 0.2) is 205 Å². The highest BCUT2D eigenvalue weighted by molar-refractivity contribution is 5.89. The molecule has 0 radical (unpaired) electrons. The minimum Gasteiger partial charge on any atom is -0.317 e. The molecule has 24 rings (SSSR count). The van der Waals surface area contributed by atoms with Gasteiger partial charge in [-0.2, -0.15) is 0 Å². The molecule has 12 fully saturated rings. The molecular formula is C120H156N4. The number of benzene rings is 8. The second kappa shape index (κ2) is 32.9. The summed E-state index contributed by atoms with van der Waals surface area (Å²) in [6, 6.07) is 67.4. The Kier molecular flexibility index (Phi) is 22.4. The van der Waals surface area contributed by atoms with Gasteiger partial charge in [0.25, 0.3) is 0 Å². The van der Waals surface area contributed by atoms with E-state index in [1.54, 1.807) is 33.4 Å². The smallest absolute Gasteiger partial charge is 0.0102 e. The van der Waals surface area contributed by atoms with Crippen LogP contribution >= 0.6 is 0 Å². The Labute approximate surface area is 749 Å². The maximum Gasteiger partial charge on any atom is 0.0102 e. The van der Waals surface area contributed by atoms with E-state index in [4.69, 9.17) is 0 Å². The van der Waals surface area contributed by atoms with Crippen molar-refractivity contribution in [3.05, 3.63) is 228 Å². The van der Waals surface area contributed by atoms with E-state index in [1.165, 1.54) is 260 Å². The quantitative estimate of drug-likeness (QED) is 0.115. The lowest BCUT2D eigenvalue weighted by Crippen LogP contribution is -2.54. The highest BCUT2D eigenvalue weighted by Crippen LogP contribution is 2.74. The van der Waals surface area contributed by atoms with E-state index in [-0.39, 0.29) is 0 Å². The SMILES string of the molecule is CN[C@H]1CC[C@@]2(C)C(=CC[C@@H]3[C@@H]2CC[C@]2(C)C(c4ccc5ccccc5c4)=CC[C@@H]32)C1.CN[C@H]1CC[C@@]2(C)C(=CC[C@H]3[C@@H]4CC[C@H](c5ccc6ccccc6c5)[C@@]4(C)CC[C@@H]32)C1.CN[C@H]1CC[C@@]2(C)[C@@H](CC[C@@H]3[C@@H]2CC[C@]2(C)C(c4ccc5ccccc5c4)=CC[C@@H]32)C1.CN[C@H]1CC[C@@]2(C)[C@@H](CC[C@@H]3[C@@H]2CC[C@]2(C)[C@@H](c4ccc5ccccc5c4)CC[C@@H]32)C1. The summed E-state index contributed by atoms with van der Waals surface area (Å²) in [5.74, 6) is 14.3. The van der Waals surface area contributed by atoms with Crippen LogP contribution in [0, 0.1) is 126 Å². The Balaban J connectivity index is 0.000000101. The molecule has 12 saturated carbocycles. The molecule has 0 aliphatic heterocycles. The van der Waals surface area contributed by atoms with E-state index in [2.05, 4.69) is 299 Å². The van der Waals surface area contributed by atoms with Crippen LogP contribution in [0.3, 0.4) is 0 Å². The van der Waals surface area contributed by atoms with Gasteiger partial charge in [-0.15, -0.1) is 0 Å². The fourth-order valence-electron chi connectivity index (χ4n) is 35.5. The fraction of sp³-hybridized carbons (Fsp3) is 0.600. The molecule has 16 aliphatic rings. The van der Waals surface area contributed by atoms with Gasteiger partial charge in [0.2, 0.25) is 0 Å². The molecular weight excluding hydrogens is 1500 g/mol. The van der Waals surface area contributed by atoms with Crippen molar-refractivity contribution in [1.82, 2.24) is 21.3 Å². The van der Waals surface area contributed by atoms with Crippen LogP contribution < -0.4 is 21.3 Å². The summed E-state index contributed by atoms with van der Waals surface area (Å²) >= 11 is 0. The van der Waals surface area contributed by atoms with Crippen molar-refractivity contribution in [2.45, 2.75) is 297 Å². The number of hydrogen-bond donors (Lipinski definition) is 4. The molecule has 0 saturated heterocycles. The van der Waals surface area contributed by atoms with Gasteiger partial charge in [0.1, 0.15) is 0 Å². The summed E-state index contributed by atoms with van der Waals surface area (Å²) in [7, 11) is 8.64. The lowest BCUT2D eigenvalue weighted by Gasteiger charge is -2.61. The van der Waals surface area contributed by atoms with Crippen LogP contribution in [0.4, 0.5) is 0 Å². The average molecular weight is 1650 g/mol. The lowest BCUT2D eigenvalue weighted by atomic mass is 9.44. The predicted octanol–water partition coefficient (Wildman–Crippen LogP) is 29.9. The highest BCUT2D eigenvalue weighted by Gasteiger charge is 2.64. The Morgan fingerprint density at radius 2 is 0.581 bits per heavy atom. The van der Waals surface area contributed by atoms with E-state index >= 15 is 0 Å². The topological polar surface area (TPSA) is 48.1 Å². The zero-order chi connectivity index (χ0) is 84.9. The summed E-state index contributed by atoms with van der Waals surface area (Å²) in [5.41, 5.74) is 16.9. The molecule has 16 aliphatic carbocycles. The zero-order valence-corrected chi connectivity index (χ0v) is 78.6. The molecule has 0 amide bonds. The Bertz CT molecular complexity index is 5310. The molecule has 4 heteroatoms. The van der Waals surface area contributed by atoms with Crippen molar-refractivity contribution in [3.8, 4) is 0 Å². The molecule has 8 aromatic carbocycles. The van der Waals surface area contributed by atoms with Crippen LogP contribution in [0.5, 0.6) is 0 Å². The van der Waals surface area contributed by atoms with Gasteiger partial charge in [0.05, 0.1) is 0 Å². The maximum absolute atomic E-state index is 3.61. The monoisotopic (exact) mass is 1650 g/mol. The van der Waals surface area contributed by atoms with Crippen molar-refractivity contribution < 1.29 is 0 Å².